The number of methoxy groups -OCH3 is 1. The van der Waals surface area contributed by atoms with Gasteiger partial charge in [0.15, 0.2) is 0 Å². The number of ether oxygens (including phenoxy) is 2. The van der Waals surface area contributed by atoms with Crippen molar-refractivity contribution in [1.29, 1.82) is 0 Å². The van der Waals surface area contributed by atoms with E-state index in [-0.39, 0.29) is 0 Å². The lowest BCUT2D eigenvalue weighted by Gasteiger charge is -2.07. The molecular weight excluding hydrogens is 290 g/mol. The van der Waals surface area contributed by atoms with Crippen molar-refractivity contribution in [2.24, 2.45) is 0 Å². The summed E-state index contributed by atoms with van der Waals surface area (Å²) in [5, 5.41) is 1.08. The second-order valence-corrected chi connectivity index (χ2v) is 5.92. The maximum Gasteiger partial charge on any atom is 0.122 e. The molecule has 1 aromatic carbocycles. The third-order valence-electron chi connectivity index (χ3n) is 2.91. The average molecular weight is 309 g/mol. The van der Waals surface area contributed by atoms with Gasteiger partial charge in [-0.05, 0) is 18.6 Å². The Balaban J connectivity index is 1.92. The van der Waals surface area contributed by atoms with Crippen LogP contribution in [0.3, 0.4) is 0 Å². The van der Waals surface area contributed by atoms with E-state index < -0.39 is 0 Å². The standard InChI is InChI=1S/C15H19NO2S2/c1-11-5-3-4-6-13(11)18-8-7-15-16-12(9-17-2)14(10-19)20-15/h3-6,19H,7-10H2,1-2H3. The Morgan fingerprint density at radius 3 is 2.80 bits per heavy atom. The van der Waals surface area contributed by atoms with Gasteiger partial charge in [-0.2, -0.15) is 12.6 Å². The number of nitrogens with zero attached hydrogens (tertiary/aromatic N) is 1. The molecule has 0 atom stereocenters. The number of hydrogen-bond donors (Lipinski definition) is 1. The molecule has 20 heavy (non-hydrogen) atoms. The monoisotopic (exact) mass is 309 g/mol. The number of para-hydroxylation sites is 1. The molecule has 0 saturated carbocycles. The van der Waals surface area contributed by atoms with Gasteiger partial charge >= 0.3 is 0 Å². The fourth-order valence-corrected chi connectivity index (χ4v) is 3.17. The van der Waals surface area contributed by atoms with Gasteiger partial charge in [-0.3, -0.25) is 0 Å². The molecule has 0 unspecified atom stereocenters. The van der Waals surface area contributed by atoms with E-state index in [1.807, 2.05) is 18.2 Å². The number of aromatic nitrogens is 1. The summed E-state index contributed by atoms with van der Waals surface area (Å²) in [6.07, 6.45) is 0.809. The normalized spacial score (nSPS) is 10.8. The van der Waals surface area contributed by atoms with Crippen molar-refractivity contribution in [3.05, 3.63) is 45.4 Å². The van der Waals surface area contributed by atoms with Crippen molar-refractivity contribution in [3.8, 4) is 5.75 Å². The maximum atomic E-state index is 5.80. The van der Waals surface area contributed by atoms with Crippen LogP contribution in [0.15, 0.2) is 24.3 Å². The Hall–Kier alpha value is -1.04. The lowest BCUT2D eigenvalue weighted by Crippen LogP contribution is -2.02. The largest absolute Gasteiger partial charge is 0.493 e. The van der Waals surface area contributed by atoms with E-state index in [0.717, 1.165) is 28.4 Å². The van der Waals surface area contributed by atoms with Crippen LogP contribution in [0.5, 0.6) is 5.75 Å². The minimum absolute atomic E-state index is 0.547. The summed E-state index contributed by atoms with van der Waals surface area (Å²) in [6.45, 7) is 3.23. The Labute approximate surface area is 129 Å². The number of hydrogen-bond acceptors (Lipinski definition) is 5. The van der Waals surface area contributed by atoms with Crippen LogP contribution in [0.4, 0.5) is 0 Å². The predicted octanol–water partition coefficient (Wildman–Crippen LogP) is 3.65. The van der Waals surface area contributed by atoms with Gasteiger partial charge in [-0.1, -0.05) is 18.2 Å². The van der Waals surface area contributed by atoms with Gasteiger partial charge in [0.2, 0.25) is 0 Å². The highest BCUT2D eigenvalue weighted by atomic mass is 32.1. The second kappa shape index (κ2) is 7.67. The molecule has 0 radical (unpaired) electrons. The fraction of sp³-hybridized carbons (Fsp3) is 0.400. The van der Waals surface area contributed by atoms with E-state index in [2.05, 4.69) is 30.6 Å². The third kappa shape index (κ3) is 3.98. The van der Waals surface area contributed by atoms with Gasteiger partial charge in [0.05, 0.1) is 23.9 Å². The molecule has 1 heterocycles. The van der Waals surface area contributed by atoms with Crippen LogP contribution < -0.4 is 4.74 Å². The number of thiol groups is 1. The van der Waals surface area contributed by atoms with E-state index in [0.29, 0.717) is 19.0 Å². The lowest BCUT2D eigenvalue weighted by molar-refractivity contribution is 0.181. The molecule has 1 aromatic heterocycles. The molecule has 3 nitrogen and oxygen atoms in total. The van der Waals surface area contributed by atoms with E-state index in [1.54, 1.807) is 18.4 Å². The van der Waals surface area contributed by atoms with Crippen molar-refractivity contribution in [2.75, 3.05) is 13.7 Å². The smallest absolute Gasteiger partial charge is 0.122 e. The van der Waals surface area contributed by atoms with Gasteiger partial charge < -0.3 is 9.47 Å². The first-order valence-corrected chi connectivity index (χ1v) is 7.95. The van der Waals surface area contributed by atoms with Crippen LogP contribution in [0.25, 0.3) is 0 Å². The highest BCUT2D eigenvalue weighted by molar-refractivity contribution is 7.79. The van der Waals surface area contributed by atoms with E-state index in [9.17, 15) is 0 Å². The molecule has 0 aliphatic heterocycles. The minimum atomic E-state index is 0.547. The van der Waals surface area contributed by atoms with Crippen LogP contribution >= 0.6 is 24.0 Å². The molecule has 108 valence electrons. The summed E-state index contributed by atoms with van der Waals surface area (Å²) in [5.74, 6) is 1.64. The van der Waals surface area contributed by atoms with Crippen molar-refractivity contribution in [2.45, 2.75) is 25.7 Å². The molecule has 0 saturated heterocycles. The molecule has 0 aliphatic carbocycles. The highest BCUT2D eigenvalue weighted by Crippen LogP contribution is 2.22. The Kier molecular flexibility index (Phi) is 5.88. The van der Waals surface area contributed by atoms with Gasteiger partial charge in [0.25, 0.3) is 0 Å². The second-order valence-electron chi connectivity index (χ2n) is 4.43. The fourth-order valence-electron chi connectivity index (χ4n) is 1.88. The highest BCUT2D eigenvalue weighted by Gasteiger charge is 2.10. The molecule has 0 spiro atoms. The topological polar surface area (TPSA) is 31.4 Å². The van der Waals surface area contributed by atoms with E-state index in [4.69, 9.17) is 9.47 Å². The molecule has 2 aromatic rings. The summed E-state index contributed by atoms with van der Waals surface area (Å²) in [7, 11) is 1.68. The van der Waals surface area contributed by atoms with Gasteiger partial charge in [-0.15, -0.1) is 11.3 Å². The van der Waals surface area contributed by atoms with Gasteiger partial charge in [0, 0.05) is 24.2 Å². The minimum Gasteiger partial charge on any atom is -0.493 e. The van der Waals surface area contributed by atoms with Crippen LogP contribution in [0, 0.1) is 6.92 Å². The number of thiazole rings is 1. The molecule has 0 aliphatic rings. The Morgan fingerprint density at radius 1 is 1.30 bits per heavy atom. The Morgan fingerprint density at radius 2 is 2.10 bits per heavy atom. The average Bonchev–Trinajstić information content (AvgIpc) is 2.84. The Bertz CT molecular complexity index is 555. The molecular formula is C15H19NO2S2. The first-order chi connectivity index (χ1) is 9.74. The van der Waals surface area contributed by atoms with E-state index in [1.165, 1.54) is 4.88 Å². The molecule has 0 fully saturated rings. The molecule has 0 amide bonds. The van der Waals surface area contributed by atoms with Crippen molar-refractivity contribution in [1.82, 2.24) is 4.98 Å². The van der Waals surface area contributed by atoms with Crippen molar-refractivity contribution >= 4 is 24.0 Å². The number of benzene rings is 1. The molecule has 2 rings (SSSR count). The SMILES string of the molecule is COCc1nc(CCOc2ccccc2C)sc1CS. The summed E-state index contributed by atoms with van der Waals surface area (Å²) in [6, 6.07) is 8.04. The van der Waals surface area contributed by atoms with Crippen molar-refractivity contribution < 1.29 is 9.47 Å². The van der Waals surface area contributed by atoms with Crippen LogP contribution in [0.1, 0.15) is 21.1 Å². The zero-order chi connectivity index (χ0) is 14.4. The number of aryl methyl sites for hydroxylation is 1. The summed E-state index contributed by atoms with van der Waals surface area (Å²) < 4.78 is 11.0. The summed E-state index contributed by atoms with van der Waals surface area (Å²) in [5.41, 5.74) is 2.15. The first-order valence-electron chi connectivity index (χ1n) is 6.50. The van der Waals surface area contributed by atoms with Crippen LogP contribution in [0.2, 0.25) is 0 Å². The van der Waals surface area contributed by atoms with Crippen LogP contribution in [-0.2, 0) is 23.5 Å². The number of rotatable bonds is 7. The molecule has 0 bridgehead atoms. The maximum absolute atomic E-state index is 5.80. The third-order valence-corrected chi connectivity index (χ3v) is 4.60. The summed E-state index contributed by atoms with van der Waals surface area (Å²) >= 11 is 6.02. The molecule has 0 N–H and O–H groups in total. The van der Waals surface area contributed by atoms with Gasteiger partial charge in [-0.25, -0.2) is 4.98 Å². The van der Waals surface area contributed by atoms with Gasteiger partial charge in [0.1, 0.15) is 5.75 Å². The van der Waals surface area contributed by atoms with Crippen LogP contribution in [-0.4, -0.2) is 18.7 Å². The van der Waals surface area contributed by atoms with E-state index >= 15 is 0 Å². The predicted molar refractivity (Wildman–Crippen MR) is 85.9 cm³/mol. The summed E-state index contributed by atoms with van der Waals surface area (Å²) in [4.78, 5) is 5.77. The first kappa shape index (κ1) is 15.4. The molecule has 5 heteroatoms. The quantitative estimate of drug-likeness (QED) is 0.792. The zero-order valence-electron chi connectivity index (χ0n) is 11.8. The van der Waals surface area contributed by atoms with Crippen molar-refractivity contribution in [3.63, 3.8) is 0 Å². The lowest BCUT2D eigenvalue weighted by atomic mass is 10.2. The zero-order valence-corrected chi connectivity index (χ0v) is 13.5.